The van der Waals surface area contributed by atoms with E-state index in [1.807, 2.05) is 0 Å². The van der Waals surface area contributed by atoms with E-state index in [1.54, 1.807) is 0 Å². The average molecular weight is 114 g/mol. The van der Waals surface area contributed by atoms with E-state index in [2.05, 4.69) is 13.8 Å². The largest absolute Gasteiger partial charge is 0.373 e. The highest BCUT2D eigenvalue weighted by atomic mass is 16.6. The van der Waals surface area contributed by atoms with E-state index in [0.717, 1.165) is 12.5 Å². The number of hydrogen-bond donors (Lipinski definition) is 0. The summed E-state index contributed by atoms with van der Waals surface area (Å²) in [6, 6.07) is 0. The lowest BCUT2D eigenvalue weighted by Gasteiger charge is -2.02. The molecular weight excluding hydrogens is 100 g/mol. The molecule has 2 atom stereocenters. The van der Waals surface area contributed by atoms with Gasteiger partial charge in [-0.15, -0.1) is 0 Å². The maximum atomic E-state index is 5.12. The highest BCUT2D eigenvalue weighted by molar-refractivity contribution is 4.74. The second-order valence-electron chi connectivity index (χ2n) is 2.64. The molecule has 0 aromatic rings. The molecule has 1 unspecified atom stereocenters. The molecule has 1 heteroatoms. The first-order valence-electron chi connectivity index (χ1n) is 3.46. The van der Waals surface area contributed by atoms with E-state index in [1.165, 1.54) is 12.8 Å². The first kappa shape index (κ1) is 6.09. The number of epoxide rings is 1. The van der Waals surface area contributed by atoms with Gasteiger partial charge in [-0.3, -0.25) is 0 Å². The predicted octanol–water partition coefficient (Wildman–Crippen LogP) is 1.82. The fraction of sp³-hybridized carbons (Fsp3) is 1.00. The fourth-order valence-corrected chi connectivity index (χ4v) is 1.03. The van der Waals surface area contributed by atoms with Gasteiger partial charge in [-0.25, -0.2) is 0 Å². The van der Waals surface area contributed by atoms with Crippen molar-refractivity contribution in [2.45, 2.75) is 32.8 Å². The molecule has 48 valence electrons. The Morgan fingerprint density at radius 1 is 1.75 bits per heavy atom. The summed E-state index contributed by atoms with van der Waals surface area (Å²) in [4.78, 5) is 0. The van der Waals surface area contributed by atoms with Crippen LogP contribution in [0, 0.1) is 5.92 Å². The molecule has 1 heterocycles. The Morgan fingerprint density at radius 2 is 2.38 bits per heavy atom. The molecule has 0 spiro atoms. The Kier molecular flexibility index (Phi) is 1.90. The molecule has 8 heavy (non-hydrogen) atoms. The smallest absolute Gasteiger partial charge is 0.0835 e. The predicted molar refractivity (Wildman–Crippen MR) is 33.8 cm³/mol. The standard InChI is InChI=1S/C7H14O/c1-3-4-6(2)7-5-8-7/h6-7H,3-5H2,1-2H3/t6?,7-/m0/s1. The van der Waals surface area contributed by atoms with Gasteiger partial charge < -0.3 is 4.74 Å². The van der Waals surface area contributed by atoms with Crippen LogP contribution in [0.2, 0.25) is 0 Å². The molecule has 0 aliphatic carbocycles. The van der Waals surface area contributed by atoms with Gasteiger partial charge in [0.1, 0.15) is 0 Å². The quantitative estimate of drug-likeness (QED) is 0.510. The molecule has 0 bridgehead atoms. The van der Waals surface area contributed by atoms with Crippen LogP contribution in [0.15, 0.2) is 0 Å². The van der Waals surface area contributed by atoms with Crippen LogP contribution in [-0.2, 0) is 4.74 Å². The lowest BCUT2D eigenvalue weighted by Crippen LogP contribution is -2.01. The summed E-state index contributed by atoms with van der Waals surface area (Å²) < 4.78 is 5.12. The minimum absolute atomic E-state index is 0.620. The number of rotatable bonds is 3. The topological polar surface area (TPSA) is 12.5 Å². The molecule has 1 fully saturated rings. The van der Waals surface area contributed by atoms with Crippen molar-refractivity contribution >= 4 is 0 Å². The summed E-state index contributed by atoms with van der Waals surface area (Å²) in [5, 5.41) is 0. The highest BCUT2D eigenvalue weighted by Crippen LogP contribution is 2.23. The van der Waals surface area contributed by atoms with Crippen LogP contribution < -0.4 is 0 Å². The third-order valence-corrected chi connectivity index (χ3v) is 1.74. The van der Waals surface area contributed by atoms with Crippen molar-refractivity contribution in [2.75, 3.05) is 6.61 Å². The van der Waals surface area contributed by atoms with Gasteiger partial charge in [-0.2, -0.15) is 0 Å². The zero-order valence-electron chi connectivity index (χ0n) is 5.68. The zero-order valence-corrected chi connectivity index (χ0v) is 5.68. The molecule has 1 rings (SSSR count). The van der Waals surface area contributed by atoms with Gasteiger partial charge in [0, 0.05) is 0 Å². The monoisotopic (exact) mass is 114 g/mol. The average Bonchev–Trinajstić information content (AvgIpc) is 2.45. The maximum absolute atomic E-state index is 5.12. The minimum atomic E-state index is 0.620. The van der Waals surface area contributed by atoms with E-state index >= 15 is 0 Å². The molecule has 0 aromatic heterocycles. The molecule has 0 radical (unpaired) electrons. The van der Waals surface area contributed by atoms with Gasteiger partial charge in [-0.1, -0.05) is 20.3 Å². The third kappa shape index (κ3) is 1.48. The van der Waals surface area contributed by atoms with Gasteiger partial charge in [0.2, 0.25) is 0 Å². The van der Waals surface area contributed by atoms with Crippen LogP contribution in [0.5, 0.6) is 0 Å². The van der Waals surface area contributed by atoms with Crippen LogP contribution in [0.25, 0.3) is 0 Å². The van der Waals surface area contributed by atoms with E-state index < -0.39 is 0 Å². The third-order valence-electron chi connectivity index (χ3n) is 1.74. The minimum Gasteiger partial charge on any atom is -0.373 e. The van der Waals surface area contributed by atoms with Crippen molar-refractivity contribution in [3.8, 4) is 0 Å². The van der Waals surface area contributed by atoms with Crippen LogP contribution in [0.4, 0.5) is 0 Å². The molecule has 0 N–H and O–H groups in total. The van der Waals surface area contributed by atoms with Crippen LogP contribution in [0.3, 0.4) is 0 Å². The zero-order chi connectivity index (χ0) is 5.98. The Hall–Kier alpha value is -0.0400. The van der Waals surface area contributed by atoms with Gasteiger partial charge >= 0.3 is 0 Å². The van der Waals surface area contributed by atoms with E-state index in [0.29, 0.717) is 6.10 Å². The lowest BCUT2D eigenvalue weighted by molar-refractivity contribution is 0.329. The van der Waals surface area contributed by atoms with E-state index in [9.17, 15) is 0 Å². The molecule has 1 nitrogen and oxygen atoms in total. The maximum Gasteiger partial charge on any atom is 0.0835 e. The van der Waals surface area contributed by atoms with E-state index in [-0.39, 0.29) is 0 Å². The molecule has 1 aliphatic rings. The Labute approximate surface area is 51.0 Å². The first-order chi connectivity index (χ1) is 3.84. The highest BCUT2D eigenvalue weighted by Gasteiger charge is 2.28. The second-order valence-corrected chi connectivity index (χ2v) is 2.64. The lowest BCUT2D eigenvalue weighted by atomic mass is 10.0. The summed E-state index contributed by atoms with van der Waals surface area (Å²) >= 11 is 0. The normalized spacial score (nSPS) is 30.0. The molecular formula is C7H14O. The molecule has 0 aromatic carbocycles. The SMILES string of the molecule is CCCC(C)[C@@H]1CO1. The van der Waals surface area contributed by atoms with Crippen molar-refractivity contribution in [3.63, 3.8) is 0 Å². The van der Waals surface area contributed by atoms with Gasteiger partial charge in [0.25, 0.3) is 0 Å². The summed E-state index contributed by atoms with van der Waals surface area (Å²) in [6.07, 6.45) is 3.24. The Morgan fingerprint density at radius 3 is 2.75 bits per heavy atom. The molecule has 1 aliphatic heterocycles. The van der Waals surface area contributed by atoms with E-state index in [4.69, 9.17) is 4.74 Å². The van der Waals surface area contributed by atoms with Gasteiger partial charge in [0.05, 0.1) is 12.7 Å². The van der Waals surface area contributed by atoms with Crippen molar-refractivity contribution in [3.05, 3.63) is 0 Å². The van der Waals surface area contributed by atoms with Crippen LogP contribution >= 0.6 is 0 Å². The number of hydrogen-bond acceptors (Lipinski definition) is 1. The van der Waals surface area contributed by atoms with Crippen molar-refractivity contribution in [1.82, 2.24) is 0 Å². The van der Waals surface area contributed by atoms with Gasteiger partial charge in [0.15, 0.2) is 0 Å². The first-order valence-corrected chi connectivity index (χ1v) is 3.46. The Bertz CT molecular complexity index is 66.8. The second kappa shape index (κ2) is 2.49. The summed E-state index contributed by atoms with van der Waals surface area (Å²) in [7, 11) is 0. The molecule has 1 saturated heterocycles. The summed E-state index contributed by atoms with van der Waals surface area (Å²) in [5.41, 5.74) is 0. The van der Waals surface area contributed by atoms with Crippen molar-refractivity contribution in [1.29, 1.82) is 0 Å². The number of ether oxygens (including phenoxy) is 1. The van der Waals surface area contributed by atoms with Crippen molar-refractivity contribution < 1.29 is 4.74 Å². The molecule has 0 saturated carbocycles. The summed E-state index contributed by atoms with van der Waals surface area (Å²) in [5.74, 6) is 0.806. The van der Waals surface area contributed by atoms with Crippen molar-refractivity contribution in [2.24, 2.45) is 5.92 Å². The fourth-order valence-electron chi connectivity index (χ4n) is 1.03. The Balaban J connectivity index is 2.03. The van der Waals surface area contributed by atoms with Gasteiger partial charge in [-0.05, 0) is 12.3 Å². The van der Waals surface area contributed by atoms with Crippen LogP contribution in [-0.4, -0.2) is 12.7 Å². The van der Waals surface area contributed by atoms with Crippen LogP contribution in [0.1, 0.15) is 26.7 Å². The molecule has 0 amide bonds. The summed E-state index contributed by atoms with van der Waals surface area (Å²) in [6.45, 7) is 5.50.